The van der Waals surface area contributed by atoms with Gasteiger partial charge in [0, 0.05) is 11.6 Å². The Morgan fingerprint density at radius 1 is 0.955 bits per heavy atom. The van der Waals surface area contributed by atoms with Crippen molar-refractivity contribution in [1.29, 1.82) is 0 Å². The fraction of sp³-hybridized carbons (Fsp3) is 0.167. The molecule has 2 aromatic carbocycles. The second kappa shape index (κ2) is 7.31. The number of carbonyl (C=O) groups excluding carboxylic acids is 1. The molecule has 0 N–H and O–H groups in total. The first-order valence-corrected chi connectivity index (χ1v) is 6.81. The topological polar surface area (TPSA) is 44.8 Å². The smallest absolute Gasteiger partial charge is 0.336 e. The van der Waals surface area contributed by atoms with Gasteiger partial charge >= 0.3 is 5.97 Å². The van der Waals surface area contributed by atoms with Crippen molar-refractivity contribution in [1.82, 2.24) is 0 Å². The average molecular weight is 298 g/mol. The molecule has 0 fully saturated rings. The van der Waals surface area contributed by atoms with Gasteiger partial charge in [0.2, 0.25) is 0 Å². The van der Waals surface area contributed by atoms with Gasteiger partial charge in [-0.3, -0.25) is 0 Å². The van der Waals surface area contributed by atoms with E-state index in [9.17, 15) is 4.79 Å². The van der Waals surface area contributed by atoms with Crippen LogP contribution in [0.3, 0.4) is 0 Å². The summed E-state index contributed by atoms with van der Waals surface area (Å²) in [5.74, 6) is 1.12. The molecule has 0 atom stereocenters. The molecule has 0 aromatic heterocycles. The molecule has 0 aliphatic carbocycles. The van der Waals surface area contributed by atoms with Crippen molar-refractivity contribution in [3.8, 4) is 17.2 Å². The van der Waals surface area contributed by atoms with Crippen LogP contribution in [0.4, 0.5) is 0 Å². The predicted octanol–water partition coefficient (Wildman–Crippen LogP) is 3.63. The van der Waals surface area contributed by atoms with Crippen molar-refractivity contribution in [2.75, 3.05) is 14.2 Å². The van der Waals surface area contributed by atoms with Gasteiger partial charge in [0.15, 0.2) is 11.5 Å². The molecule has 114 valence electrons. The van der Waals surface area contributed by atoms with Gasteiger partial charge in [-0.2, -0.15) is 0 Å². The maximum Gasteiger partial charge on any atom is 0.336 e. The molecule has 0 unspecified atom stereocenters. The number of ether oxygens (including phenoxy) is 3. The first-order valence-electron chi connectivity index (χ1n) is 6.81. The van der Waals surface area contributed by atoms with Gasteiger partial charge in [-0.1, -0.05) is 23.8 Å². The molecular weight excluding hydrogens is 280 g/mol. The number of rotatable bonds is 5. The van der Waals surface area contributed by atoms with Crippen molar-refractivity contribution in [3.63, 3.8) is 0 Å². The van der Waals surface area contributed by atoms with Crippen LogP contribution >= 0.6 is 0 Å². The van der Waals surface area contributed by atoms with Crippen LogP contribution in [0.2, 0.25) is 0 Å². The Bertz CT molecular complexity index is 689. The van der Waals surface area contributed by atoms with Gasteiger partial charge < -0.3 is 14.2 Å². The lowest BCUT2D eigenvalue weighted by molar-refractivity contribution is -0.129. The predicted molar refractivity (Wildman–Crippen MR) is 85.4 cm³/mol. The van der Waals surface area contributed by atoms with E-state index in [0.717, 1.165) is 11.1 Å². The second-order valence-electron chi connectivity index (χ2n) is 4.65. The molecule has 2 rings (SSSR count). The van der Waals surface area contributed by atoms with Gasteiger partial charge in [-0.15, -0.1) is 0 Å². The maximum absolute atomic E-state index is 11.9. The number of benzene rings is 2. The summed E-state index contributed by atoms with van der Waals surface area (Å²) in [6.45, 7) is 1.98. The van der Waals surface area contributed by atoms with Crippen LogP contribution in [0.25, 0.3) is 6.08 Å². The zero-order chi connectivity index (χ0) is 15.9. The first-order chi connectivity index (χ1) is 10.6. The number of hydrogen-bond donors (Lipinski definition) is 0. The summed E-state index contributed by atoms with van der Waals surface area (Å²) in [5, 5.41) is 0. The zero-order valence-electron chi connectivity index (χ0n) is 12.8. The summed E-state index contributed by atoms with van der Waals surface area (Å²) >= 11 is 0. The molecule has 2 aromatic rings. The van der Waals surface area contributed by atoms with Crippen molar-refractivity contribution in [2.24, 2.45) is 0 Å². The van der Waals surface area contributed by atoms with Crippen molar-refractivity contribution >= 4 is 12.0 Å². The van der Waals surface area contributed by atoms with Gasteiger partial charge in [-0.25, -0.2) is 4.79 Å². The lowest BCUT2D eigenvalue weighted by Crippen LogP contribution is -2.04. The number of para-hydroxylation sites is 2. The summed E-state index contributed by atoms with van der Waals surface area (Å²) in [6, 6.07) is 12.7. The Balaban J connectivity index is 2.13. The fourth-order valence-electron chi connectivity index (χ4n) is 1.99. The normalized spacial score (nSPS) is 10.5. The summed E-state index contributed by atoms with van der Waals surface area (Å²) in [5.41, 5.74) is 1.90. The quantitative estimate of drug-likeness (QED) is 0.480. The van der Waals surface area contributed by atoms with E-state index < -0.39 is 5.97 Å². The number of aryl methyl sites for hydroxylation is 1. The van der Waals surface area contributed by atoms with E-state index in [1.54, 1.807) is 31.4 Å². The van der Waals surface area contributed by atoms with Crippen LogP contribution in [0, 0.1) is 6.92 Å². The Morgan fingerprint density at radius 2 is 1.64 bits per heavy atom. The lowest BCUT2D eigenvalue weighted by atomic mass is 10.1. The Hall–Kier alpha value is -2.75. The fourth-order valence-corrected chi connectivity index (χ4v) is 1.99. The number of carbonyl (C=O) groups is 1. The highest BCUT2D eigenvalue weighted by Gasteiger charge is 2.07. The molecule has 0 spiro atoms. The Labute approximate surface area is 129 Å². The highest BCUT2D eigenvalue weighted by Crippen LogP contribution is 2.26. The van der Waals surface area contributed by atoms with Crippen LogP contribution in [-0.2, 0) is 4.79 Å². The van der Waals surface area contributed by atoms with Crippen LogP contribution in [-0.4, -0.2) is 20.2 Å². The Morgan fingerprint density at radius 3 is 2.32 bits per heavy atom. The lowest BCUT2D eigenvalue weighted by Gasteiger charge is -2.07. The van der Waals surface area contributed by atoms with Crippen molar-refractivity contribution in [3.05, 3.63) is 59.7 Å². The third kappa shape index (κ3) is 3.88. The molecule has 0 heterocycles. The molecule has 0 saturated carbocycles. The van der Waals surface area contributed by atoms with Gasteiger partial charge in [0.1, 0.15) is 5.75 Å². The third-order valence-electron chi connectivity index (χ3n) is 3.06. The highest BCUT2D eigenvalue weighted by molar-refractivity contribution is 5.89. The molecule has 0 aliphatic rings. The van der Waals surface area contributed by atoms with Gasteiger partial charge in [0.05, 0.1) is 14.2 Å². The summed E-state index contributed by atoms with van der Waals surface area (Å²) in [6.07, 6.45) is 3.04. The number of methoxy groups -OCH3 is 2. The summed E-state index contributed by atoms with van der Waals surface area (Å²) in [7, 11) is 3.12. The number of esters is 1. The Kier molecular flexibility index (Phi) is 5.20. The molecule has 0 aliphatic heterocycles. The summed E-state index contributed by atoms with van der Waals surface area (Å²) < 4.78 is 15.7. The van der Waals surface area contributed by atoms with E-state index in [2.05, 4.69) is 0 Å². The van der Waals surface area contributed by atoms with Gasteiger partial charge in [0.25, 0.3) is 0 Å². The zero-order valence-corrected chi connectivity index (χ0v) is 12.8. The van der Waals surface area contributed by atoms with Crippen molar-refractivity contribution in [2.45, 2.75) is 6.92 Å². The minimum absolute atomic E-state index is 0.385. The molecular formula is C18H18O4. The third-order valence-corrected chi connectivity index (χ3v) is 3.06. The molecule has 0 amide bonds. The minimum atomic E-state index is -0.479. The van der Waals surface area contributed by atoms with Crippen LogP contribution in [0.5, 0.6) is 17.2 Å². The summed E-state index contributed by atoms with van der Waals surface area (Å²) in [4.78, 5) is 11.9. The molecule has 4 heteroatoms. The molecule has 22 heavy (non-hydrogen) atoms. The SMILES string of the molecule is COc1ccc(C)cc1/C=C/C(=O)Oc1ccccc1OC. The number of hydrogen-bond acceptors (Lipinski definition) is 4. The second-order valence-corrected chi connectivity index (χ2v) is 4.65. The van der Waals surface area contributed by atoms with E-state index >= 15 is 0 Å². The van der Waals surface area contributed by atoms with E-state index in [1.165, 1.54) is 13.2 Å². The van der Waals surface area contributed by atoms with Crippen LogP contribution < -0.4 is 14.2 Å². The standard InChI is InChI=1S/C18H18O4/c1-13-8-10-15(20-2)14(12-13)9-11-18(19)22-17-7-5-4-6-16(17)21-3/h4-12H,1-3H3/b11-9+. The minimum Gasteiger partial charge on any atom is -0.496 e. The van der Waals surface area contributed by atoms with E-state index in [-0.39, 0.29) is 0 Å². The van der Waals surface area contributed by atoms with E-state index in [0.29, 0.717) is 17.2 Å². The average Bonchev–Trinajstić information content (AvgIpc) is 2.53. The monoisotopic (exact) mass is 298 g/mol. The maximum atomic E-state index is 11.9. The molecule has 0 saturated heterocycles. The largest absolute Gasteiger partial charge is 0.496 e. The molecule has 0 radical (unpaired) electrons. The van der Waals surface area contributed by atoms with Crippen molar-refractivity contribution < 1.29 is 19.0 Å². The molecule has 4 nitrogen and oxygen atoms in total. The van der Waals surface area contributed by atoms with Crippen LogP contribution in [0.15, 0.2) is 48.5 Å². The highest BCUT2D eigenvalue weighted by atomic mass is 16.6. The molecule has 0 bridgehead atoms. The van der Waals surface area contributed by atoms with E-state index in [1.807, 2.05) is 31.2 Å². The van der Waals surface area contributed by atoms with E-state index in [4.69, 9.17) is 14.2 Å². The van der Waals surface area contributed by atoms with Crippen LogP contribution in [0.1, 0.15) is 11.1 Å². The van der Waals surface area contributed by atoms with Gasteiger partial charge in [-0.05, 0) is 37.3 Å². The first kappa shape index (κ1) is 15.6.